The van der Waals surface area contributed by atoms with Crippen molar-refractivity contribution in [3.8, 4) is 0 Å². The molecule has 2 N–H and O–H groups in total. The molecule has 3 fully saturated rings. The number of ether oxygens (including phenoxy) is 1. The first-order valence-electron chi connectivity index (χ1n) is 7.48. The summed E-state index contributed by atoms with van der Waals surface area (Å²) in [5.41, 5.74) is -0.694. The van der Waals surface area contributed by atoms with Crippen LogP contribution in [0.15, 0.2) is 0 Å². The van der Waals surface area contributed by atoms with Crippen LogP contribution in [0.4, 0.5) is 4.79 Å². The fourth-order valence-corrected chi connectivity index (χ4v) is 3.91. The van der Waals surface area contributed by atoms with E-state index in [-0.39, 0.29) is 18.0 Å². The Kier molecular flexibility index (Phi) is 3.58. The van der Waals surface area contributed by atoms with Gasteiger partial charge in [-0.05, 0) is 31.6 Å². The molecule has 1 unspecified atom stereocenters. The number of rotatable bonds is 2. The average Bonchev–Trinajstić information content (AvgIpc) is 2.97. The Balaban J connectivity index is 1.61. The van der Waals surface area contributed by atoms with Gasteiger partial charge in [0.1, 0.15) is 0 Å². The van der Waals surface area contributed by atoms with Gasteiger partial charge in [0.25, 0.3) is 0 Å². The van der Waals surface area contributed by atoms with Crippen LogP contribution in [0.5, 0.6) is 0 Å². The smallest absolute Gasteiger partial charge is 0.317 e. The molecule has 1 saturated carbocycles. The molecular formula is C14H22N2O4. The first kappa shape index (κ1) is 13.7. The molecule has 2 saturated heterocycles. The second kappa shape index (κ2) is 5.24. The zero-order valence-corrected chi connectivity index (χ0v) is 11.6. The van der Waals surface area contributed by atoms with Crippen molar-refractivity contribution in [1.82, 2.24) is 10.2 Å². The molecule has 0 bridgehead atoms. The maximum Gasteiger partial charge on any atom is 0.317 e. The quantitative estimate of drug-likeness (QED) is 0.794. The largest absolute Gasteiger partial charge is 0.481 e. The molecule has 2 amide bonds. The number of carbonyl (C=O) groups is 2. The van der Waals surface area contributed by atoms with Gasteiger partial charge in [0.15, 0.2) is 0 Å². The van der Waals surface area contributed by atoms with Gasteiger partial charge < -0.3 is 20.1 Å². The molecule has 0 aromatic heterocycles. The lowest BCUT2D eigenvalue weighted by atomic mass is 9.81. The number of hydrogen-bond acceptors (Lipinski definition) is 3. The summed E-state index contributed by atoms with van der Waals surface area (Å²) in [4.78, 5) is 25.5. The SMILES string of the molecule is O=C(NC1CCCOC1)N1C[C@@H]2CCC[C@@]2(C(=O)O)C1. The van der Waals surface area contributed by atoms with E-state index in [1.165, 1.54) is 0 Å². The number of fused-ring (bicyclic) bond motifs is 1. The van der Waals surface area contributed by atoms with Crippen LogP contribution in [-0.2, 0) is 9.53 Å². The zero-order valence-electron chi connectivity index (χ0n) is 11.6. The van der Waals surface area contributed by atoms with Gasteiger partial charge in [0.05, 0.1) is 18.1 Å². The number of nitrogens with one attached hydrogen (secondary N) is 1. The Bertz CT molecular complexity index is 408. The van der Waals surface area contributed by atoms with Crippen molar-refractivity contribution in [3.05, 3.63) is 0 Å². The van der Waals surface area contributed by atoms with Crippen LogP contribution in [0.3, 0.4) is 0 Å². The van der Waals surface area contributed by atoms with E-state index in [1.807, 2.05) is 0 Å². The molecule has 0 radical (unpaired) electrons. The van der Waals surface area contributed by atoms with Crippen LogP contribution < -0.4 is 5.32 Å². The lowest BCUT2D eigenvalue weighted by molar-refractivity contribution is -0.149. The third kappa shape index (κ3) is 2.26. The summed E-state index contributed by atoms with van der Waals surface area (Å²) in [5.74, 6) is -0.621. The number of hydrogen-bond donors (Lipinski definition) is 2. The number of carbonyl (C=O) groups excluding carboxylic acids is 1. The average molecular weight is 282 g/mol. The first-order chi connectivity index (χ1) is 9.62. The van der Waals surface area contributed by atoms with Crippen LogP contribution in [0.2, 0.25) is 0 Å². The van der Waals surface area contributed by atoms with Gasteiger partial charge in [-0.3, -0.25) is 4.79 Å². The lowest BCUT2D eigenvalue weighted by Crippen LogP contribution is -2.48. The van der Waals surface area contributed by atoms with Crippen LogP contribution in [0.25, 0.3) is 0 Å². The van der Waals surface area contributed by atoms with Crippen molar-refractivity contribution in [2.45, 2.75) is 38.1 Å². The monoisotopic (exact) mass is 282 g/mol. The number of urea groups is 1. The highest BCUT2D eigenvalue weighted by Crippen LogP contribution is 2.48. The van der Waals surface area contributed by atoms with E-state index < -0.39 is 11.4 Å². The molecule has 3 atom stereocenters. The minimum atomic E-state index is -0.740. The topological polar surface area (TPSA) is 78.9 Å². The first-order valence-corrected chi connectivity index (χ1v) is 7.48. The van der Waals surface area contributed by atoms with Crippen LogP contribution in [0.1, 0.15) is 32.1 Å². The molecule has 6 nitrogen and oxygen atoms in total. The molecule has 20 heavy (non-hydrogen) atoms. The molecule has 0 aromatic carbocycles. The van der Waals surface area contributed by atoms with E-state index in [9.17, 15) is 14.7 Å². The van der Waals surface area contributed by atoms with Crippen molar-refractivity contribution < 1.29 is 19.4 Å². The van der Waals surface area contributed by atoms with E-state index in [1.54, 1.807) is 4.90 Å². The number of nitrogens with zero attached hydrogens (tertiary/aromatic N) is 1. The number of carboxylic acids is 1. The number of amides is 2. The minimum Gasteiger partial charge on any atom is -0.481 e. The Labute approximate surface area is 118 Å². The highest BCUT2D eigenvalue weighted by atomic mass is 16.5. The van der Waals surface area contributed by atoms with Gasteiger partial charge in [-0.1, -0.05) is 6.42 Å². The second-order valence-corrected chi connectivity index (χ2v) is 6.29. The number of likely N-dealkylation sites (tertiary alicyclic amines) is 1. The Morgan fingerprint density at radius 1 is 1.30 bits per heavy atom. The third-order valence-corrected chi connectivity index (χ3v) is 5.07. The molecule has 2 aliphatic heterocycles. The van der Waals surface area contributed by atoms with Gasteiger partial charge >= 0.3 is 12.0 Å². The fraction of sp³-hybridized carbons (Fsp3) is 0.857. The molecule has 0 aromatic rings. The second-order valence-electron chi connectivity index (χ2n) is 6.29. The van der Waals surface area contributed by atoms with Gasteiger partial charge in [-0.2, -0.15) is 0 Å². The third-order valence-electron chi connectivity index (χ3n) is 5.07. The molecule has 2 heterocycles. The Morgan fingerprint density at radius 2 is 2.15 bits per heavy atom. The van der Waals surface area contributed by atoms with Crippen molar-refractivity contribution in [2.75, 3.05) is 26.3 Å². The Hall–Kier alpha value is -1.30. The van der Waals surface area contributed by atoms with Gasteiger partial charge in [0.2, 0.25) is 0 Å². The summed E-state index contributed by atoms with van der Waals surface area (Å²) in [6, 6.07) is -0.0620. The molecular weight excluding hydrogens is 260 g/mol. The highest BCUT2D eigenvalue weighted by molar-refractivity contribution is 5.80. The summed E-state index contributed by atoms with van der Waals surface area (Å²) in [6.07, 6.45) is 4.48. The van der Waals surface area contributed by atoms with E-state index in [4.69, 9.17) is 4.74 Å². The van der Waals surface area contributed by atoms with Crippen molar-refractivity contribution in [3.63, 3.8) is 0 Å². The van der Waals surface area contributed by atoms with Gasteiger partial charge in [-0.25, -0.2) is 4.79 Å². The van der Waals surface area contributed by atoms with Gasteiger partial charge in [-0.15, -0.1) is 0 Å². The Morgan fingerprint density at radius 3 is 2.80 bits per heavy atom. The van der Waals surface area contributed by atoms with Crippen molar-refractivity contribution >= 4 is 12.0 Å². The summed E-state index contributed by atoms with van der Waals surface area (Å²) in [5, 5.41) is 12.5. The van der Waals surface area contributed by atoms with Crippen molar-refractivity contribution in [2.24, 2.45) is 11.3 Å². The number of carboxylic acid groups (broad SMARTS) is 1. The predicted molar refractivity (Wildman–Crippen MR) is 71.4 cm³/mol. The van der Waals surface area contributed by atoms with E-state index in [2.05, 4.69) is 5.32 Å². The lowest BCUT2D eigenvalue weighted by Gasteiger charge is -2.27. The summed E-state index contributed by atoms with van der Waals surface area (Å²) in [6.45, 7) is 2.26. The fourth-order valence-electron chi connectivity index (χ4n) is 3.91. The predicted octanol–water partition coefficient (Wildman–Crippen LogP) is 1.06. The normalized spacial score (nSPS) is 36.7. The van der Waals surface area contributed by atoms with Crippen LogP contribution in [0, 0.1) is 11.3 Å². The number of aliphatic carboxylic acids is 1. The minimum absolute atomic E-state index is 0.0671. The van der Waals surface area contributed by atoms with Crippen LogP contribution in [-0.4, -0.2) is 54.4 Å². The molecule has 3 aliphatic rings. The molecule has 1 aliphatic carbocycles. The molecule has 6 heteroatoms. The van der Waals surface area contributed by atoms with Crippen molar-refractivity contribution in [1.29, 1.82) is 0 Å². The molecule has 112 valence electrons. The molecule has 3 rings (SSSR count). The van der Waals surface area contributed by atoms with E-state index in [0.717, 1.165) is 32.3 Å². The van der Waals surface area contributed by atoms with E-state index in [0.29, 0.717) is 26.1 Å². The summed E-state index contributed by atoms with van der Waals surface area (Å²) in [7, 11) is 0. The van der Waals surface area contributed by atoms with Crippen LogP contribution >= 0.6 is 0 Å². The standard InChI is InChI=1S/C14H22N2O4/c17-12(18)14-5-1-3-10(14)7-16(9-14)13(19)15-11-4-2-6-20-8-11/h10-11H,1-9H2,(H,15,19)(H,17,18)/t10-,11?,14+/m0/s1. The van der Waals surface area contributed by atoms with E-state index >= 15 is 0 Å². The summed E-state index contributed by atoms with van der Waals surface area (Å²) >= 11 is 0. The maximum absolute atomic E-state index is 12.3. The molecule has 0 spiro atoms. The van der Waals surface area contributed by atoms with Gasteiger partial charge in [0, 0.05) is 19.7 Å². The summed E-state index contributed by atoms with van der Waals surface area (Å²) < 4.78 is 5.35. The highest BCUT2D eigenvalue weighted by Gasteiger charge is 2.55. The zero-order chi connectivity index (χ0) is 14.2. The maximum atomic E-state index is 12.3.